The molecule has 0 unspecified atom stereocenters. The number of carbonyl (C=O) groups excluding carboxylic acids is 1. The molecule has 122 valence electrons. The number of carbonyl (C=O) groups is 1. The third-order valence-electron chi connectivity index (χ3n) is 4.42. The fourth-order valence-electron chi connectivity index (χ4n) is 3.02. The van der Waals surface area contributed by atoms with Crippen LogP contribution >= 0.6 is 11.8 Å². The zero-order chi connectivity index (χ0) is 16.2. The minimum atomic E-state index is 0.101. The number of fused-ring (bicyclic) bond motifs is 1. The van der Waals surface area contributed by atoms with Crippen molar-refractivity contribution in [2.45, 2.75) is 50.6 Å². The van der Waals surface area contributed by atoms with Gasteiger partial charge in [0, 0.05) is 6.04 Å². The number of para-hydroxylation sites is 2. The van der Waals surface area contributed by atoms with Gasteiger partial charge in [-0.05, 0) is 50.7 Å². The molecule has 0 radical (unpaired) electrons. The van der Waals surface area contributed by atoms with Crippen molar-refractivity contribution in [2.75, 3.05) is 5.75 Å². The first kappa shape index (κ1) is 16.2. The number of amides is 1. The van der Waals surface area contributed by atoms with E-state index in [9.17, 15) is 4.79 Å². The number of hydrogen-bond donors (Lipinski definition) is 1. The number of nitrogens with one attached hydrogen (secondary N) is 1. The zero-order valence-electron chi connectivity index (χ0n) is 13.7. The molecular weight excluding hydrogens is 306 g/mol. The molecule has 0 spiro atoms. The summed E-state index contributed by atoms with van der Waals surface area (Å²) in [5.41, 5.74) is 2.66. The van der Waals surface area contributed by atoms with Gasteiger partial charge in [-0.25, -0.2) is 9.97 Å². The highest BCUT2D eigenvalue weighted by atomic mass is 32.2. The van der Waals surface area contributed by atoms with Crippen molar-refractivity contribution >= 4 is 28.7 Å². The summed E-state index contributed by atoms with van der Waals surface area (Å²) in [6.07, 6.45) is 4.64. The van der Waals surface area contributed by atoms with Crippen molar-refractivity contribution < 1.29 is 4.79 Å². The molecule has 1 aliphatic rings. The molecule has 0 atom stereocenters. The van der Waals surface area contributed by atoms with E-state index in [4.69, 9.17) is 0 Å². The van der Waals surface area contributed by atoms with Crippen molar-refractivity contribution in [3.8, 4) is 0 Å². The van der Waals surface area contributed by atoms with Gasteiger partial charge in [0.15, 0.2) is 0 Å². The van der Waals surface area contributed by atoms with E-state index in [0.717, 1.165) is 40.5 Å². The van der Waals surface area contributed by atoms with Crippen LogP contribution in [-0.2, 0) is 4.79 Å². The highest BCUT2D eigenvalue weighted by Gasteiger charge is 2.20. The second kappa shape index (κ2) is 7.30. The van der Waals surface area contributed by atoms with Crippen LogP contribution in [0, 0.1) is 12.8 Å². The van der Waals surface area contributed by atoms with Crippen LogP contribution in [0.2, 0.25) is 0 Å². The van der Waals surface area contributed by atoms with Crippen molar-refractivity contribution in [2.24, 2.45) is 5.92 Å². The summed E-state index contributed by atoms with van der Waals surface area (Å²) in [6.45, 7) is 4.23. The molecule has 0 aliphatic heterocycles. The lowest BCUT2D eigenvalue weighted by Gasteiger charge is -2.26. The quantitative estimate of drug-likeness (QED) is 0.869. The molecule has 1 aromatic heterocycles. The molecule has 0 saturated heterocycles. The Bertz CT molecular complexity index is 696. The van der Waals surface area contributed by atoms with Crippen LogP contribution in [0.4, 0.5) is 0 Å². The summed E-state index contributed by atoms with van der Waals surface area (Å²) in [7, 11) is 0. The molecule has 1 aromatic carbocycles. The molecule has 2 aromatic rings. The van der Waals surface area contributed by atoms with E-state index in [-0.39, 0.29) is 5.91 Å². The molecule has 1 amide bonds. The predicted molar refractivity (Wildman–Crippen MR) is 94.6 cm³/mol. The van der Waals surface area contributed by atoms with Gasteiger partial charge in [-0.15, -0.1) is 0 Å². The lowest BCUT2D eigenvalue weighted by molar-refractivity contribution is -0.119. The molecular formula is C18H23N3OS. The summed E-state index contributed by atoms with van der Waals surface area (Å²) < 4.78 is 0. The maximum atomic E-state index is 12.2. The first-order chi connectivity index (χ1) is 11.1. The first-order valence-corrected chi connectivity index (χ1v) is 9.26. The van der Waals surface area contributed by atoms with Crippen LogP contribution in [0.3, 0.4) is 0 Å². The van der Waals surface area contributed by atoms with E-state index >= 15 is 0 Å². The lowest BCUT2D eigenvalue weighted by Crippen LogP contribution is -2.38. The highest BCUT2D eigenvalue weighted by molar-refractivity contribution is 7.99. The van der Waals surface area contributed by atoms with E-state index in [2.05, 4.69) is 22.2 Å². The number of benzene rings is 1. The summed E-state index contributed by atoms with van der Waals surface area (Å²) in [5.74, 6) is 1.30. The average molecular weight is 329 g/mol. The summed E-state index contributed by atoms with van der Waals surface area (Å²) in [5, 5.41) is 4.00. The normalized spacial score (nSPS) is 21.3. The Hall–Kier alpha value is -1.62. The lowest BCUT2D eigenvalue weighted by atomic mass is 9.87. The minimum absolute atomic E-state index is 0.101. The van der Waals surface area contributed by atoms with Gasteiger partial charge in [0.25, 0.3) is 0 Å². The van der Waals surface area contributed by atoms with Crippen molar-refractivity contribution in [3.05, 3.63) is 30.0 Å². The SMILES string of the molecule is Cc1nc2ccccc2nc1SCC(=O)NC1CCC(C)CC1. The Morgan fingerprint density at radius 3 is 2.52 bits per heavy atom. The van der Waals surface area contributed by atoms with Crippen molar-refractivity contribution in [1.82, 2.24) is 15.3 Å². The summed E-state index contributed by atoms with van der Waals surface area (Å²) in [4.78, 5) is 21.3. The van der Waals surface area contributed by atoms with Crippen molar-refractivity contribution in [3.63, 3.8) is 0 Å². The third-order valence-corrected chi connectivity index (χ3v) is 5.49. The van der Waals surface area contributed by atoms with Gasteiger partial charge in [-0.1, -0.05) is 30.8 Å². The summed E-state index contributed by atoms with van der Waals surface area (Å²) in [6, 6.07) is 8.18. The molecule has 3 rings (SSSR count). The van der Waals surface area contributed by atoms with Gasteiger partial charge in [0.1, 0.15) is 5.03 Å². The Morgan fingerprint density at radius 1 is 1.17 bits per heavy atom. The van der Waals surface area contributed by atoms with Crippen molar-refractivity contribution in [1.29, 1.82) is 0 Å². The van der Waals surface area contributed by atoms with Gasteiger partial charge < -0.3 is 5.32 Å². The molecule has 1 saturated carbocycles. The fourth-order valence-corrected chi connectivity index (χ4v) is 3.79. The van der Waals surface area contributed by atoms with Gasteiger partial charge in [0.05, 0.1) is 22.5 Å². The maximum Gasteiger partial charge on any atom is 0.230 e. The number of aryl methyl sites for hydroxylation is 1. The highest BCUT2D eigenvalue weighted by Crippen LogP contribution is 2.24. The molecule has 1 heterocycles. The second-order valence-electron chi connectivity index (χ2n) is 6.42. The number of rotatable bonds is 4. The predicted octanol–water partition coefficient (Wildman–Crippen LogP) is 3.73. The van der Waals surface area contributed by atoms with Crippen LogP contribution < -0.4 is 5.32 Å². The molecule has 4 nitrogen and oxygen atoms in total. The average Bonchev–Trinajstić information content (AvgIpc) is 2.55. The Morgan fingerprint density at radius 2 is 1.83 bits per heavy atom. The second-order valence-corrected chi connectivity index (χ2v) is 7.38. The molecule has 0 bridgehead atoms. The number of hydrogen-bond acceptors (Lipinski definition) is 4. The standard InChI is InChI=1S/C18H23N3OS/c1-12-7-9-14(10-8-12)20-17(22)11-23-18-13(2)19-15-5-3-4-6-16(15)21-18/h3-6,12,14H,7-11H2,1-2H3,(H,20,22). The summed E-state index contributed by atoms with van der Waals surface area (Å²) >= 11 is 1.47. The molecule has 5 heteroatoms. The Labute approximate surface area is 141 Å². The number of aromatic nitrogens is 2. The monoisotopic (exact) mass is 329 g/mol. The maximum absolute atomic E-state index is 12.2. The first-order valence-electron chi connectivity index (χ1n) is 8.27. The van der Waals surface area contributed by atoms with E-state index in [1.807, 2.05) is 31.2 Å². The van der Waals surface area contributed by atoms with Crippen LogP contribution in [0.5, 0.6) is 0 Å². The smallest absolute Gasteiger partial charge is 0.230 e. The van der Waals surface area contributed by atoms with E-state index in [0.29, 0.717) is 11.8 Å². The topological polar surface area (TPSA) is 54.9 Å². The van der Waals surface area contributed by atoms with Gasteiger partial charge >= 0.3 is 0 Å². The van der Waals surface area contributed by atoms with E-state index in [1.165, 1.54) is 24.6 Å². The van der Waals surface area contributed by atoms with E-state index in [1.54, 1.807) is 0 Å². The number of nitrogens with zero attached hydrogens (tertiary/aromatic N) is 2. The van der Waals surface area contributed by atoms with Crippen LogP contribution in [-0.4, -0.2) is 27.7 Å². The van der Waals surface area contributed by atoms with Crippen LogP contribution in [0.15, 0.2) is 29.3 Å². The third kappa shape index (κ3) is 4.22. The molecule has 1 aliphatic carbocycles. The molecule has 1 fully saturated rings. The Balaban J connectivity index is 1.57. The van der Waals surface area contributed by atoms with Gasteiger partial charge in [-0.2, -0.15) is 0 Å². The minimum Gasteiger partial charge on any atom is -0.353 e. The van der Waals surface area contributed by atoms with Crippen LogP contribution in [0.25, 0.3) is 11.0 Å². The molecule has 23 heavy (non-hydrogen) atoms. The van der Waals surface area contributed by atoms with Gasteiger partial charge in [0.2, 0.25) is 5.91 Å². The zero-order valence-corrected chi connectivity index (χ0v) is 14.5. The van der Waals surface area contributed by atoms with Gasteiger partial charge in [-0.3, -0.25) is 4.79 Å². The van der Waals surface area contributed by atoms with E-state index < -0.39 is 0 Å². The fraction of sp³-hybridized carbons (Fsp3) is 0.500. The Kier molecular flexibility index (Phi) is 5.16. The van der Waals surface area contributed by atoms with Crippen LogP contribution in [0.1, 0.15) is 38.3 Å². The molecule has 1 N–H and O–H groups in total. The number of thioether (sulfide) groups is 1. The largest absolute Gasteiger partial charge is 0.353 e.